The molecule has 4 aliphatic carbocycles. The number of hydrogen-bond acceptors (Lipinski definition) is 11. The standard InChI is InChI=1S/C44H49BrF2N3O14P/c1-41-13-12-27(51)16-30(41)31(46)17-29-28-18-35-44(34(53)22-62-65(59,60)61,42(28,2)19-33(52)43(29,41)47)64-40(63-35)25-5-3-4-24(15-25)14-23-6-8-26(9-7-23)49-39(58)32(10-11-38(56)57)50-37(55)21-48-36(54)20-45/h3-9,12-13,15-16,28-29,31-33,35,40,52H,10-11,14,17-22H2,1-2H3,(H,48,54)(H,49,58)(H,50,55)(H,56,57)(H2,59,60,61)/t28-,29-,31-,32-,33-,35+,40+,41-,42-,43-,44+/m0/s1. The van der Waals surface area contributed by atoms with Crippen molar-refractivity contribution < 1.29 is 76.1 Å². The molecule has 1 aliphatic heterocycles. The number of alkyl halides is 3. The second-order valence-electron chi connectivity index (χ2n) is 17.7. The van der Waals surface area contributed by atoms with Gasteiger partial charge in [0.1, 0.15) is 18.8 Å². The third-order valence-electron chi connectivity index (χ3n) is 13.9. The zero-order valence-corrected chi connectivity index (χ0v) is 37.7. The first-order valence-electron chi connectivity index (χ1n) is 20.9. The van der Waals surface area contributed by atoms with Crippen LogP contribution in [0.1, 0.15) is 68.9 Å². The maximum Gasteiger partial charge on any atom is 0.470 e. The number of phosphoric ester groups is 1. The average molecular weight is 993 g/mol. The summed E-state index contributed by atoms with van der Waals surface area (Å²) in [4.78, 5) is 94.1. The van der Waals surface area contributed by atoms with Crippen LogP contribution in [0.2, 0.25) is 0 Å². The molecule has 2 aromatic carbocycles. The quantitative estimate of drug-likeness (QED) is 0.0932. The number of halogens is 3. The minimum absolute atomic E-state index is 0.0347. The number of carbonyl (C=O) groups is 6. The minimum atomic E-state index is -5.17. The summed E-state index contributed by atoms with van der Waals surface area (Å²) in [5.74, 6) is -6.42. The lowest BCUT2D eigenvalue weighted by molar-refractivity contribution is -0.235. The number of carboxylic acid groups (broad SMARTS) is 1. The van der Waals surface area contributed by atoms with Crippen LogP contribution in [0.15, 0.2) is 72.3 Å². The molecule has 7 rings (SSSR count). The van der Waals surface area contributed by atoms with Gasteiger partial charge in [-0.3, -0.25) is 33.3 Å². The summed E-state index contributed by atoms with van der Waals surface area (Å²) in [5, 5.41) is 28.5. The van der Waals surface area contributed by atoms with Gasteiger partial charge in [0.2, 0.25) is 17.7 Å². The number of carbonyl (C=O) groups excluding carboxylic acids is 5. The Morgan fingerprint density at radius 1 is 1.03 bits per heavy atom. The molecule has 1 heterocycles. The number of Topliss-reactive ketones (excluding diaryl/α,β-unsaturated/α-hetero) is 1. The first kappa shape index (κ1) is 48.4. The first-order valence-corrected chi connectivity index (χ1v) is 23.5. The highest BCUT2D eigenvalue weighted by atomic mass is 79.9. The normalized spacial score (nSPS) is 32.8. The van der Waals surface area contributed by atoms with E-state index in [0.29, 0.717) is 17.7 Å². The summed E-state index contributed by atoms with van der Waals surface area (Å²) in [7, 11) is -5.17. The van der Waals surface area contributed by atoms with E-state index in [-0.39, 0.29) is 30.2 Å². The van der Waals surface area contributed by atoms with Crippen LogP contribution >= 0.6 is 23.8 Å². The smallest absolute Gasteiger partial charge is 0.470 e. The molecule has 350 valence electrons. The lowest BCUT2D eigenvalue weighted by atomic mass is 9.44. The number of amides is 3. The van der Waals surface area contributed by atoms with E-state index in [1.807, 2.05) is 6.07 Å². The number of aliphatic hydroxyl groups is 1. The number of ether oxygens (including phenoxy) is 2. The van der Waals surface area contributed by atoms with Crippen LogP contribution in [-0.4, -0.2) is 109 Å². The number of benzene rings is 2. The molecule has 0 spiro atoms. The highest BCUT2D eigenvalue weighted by Crippen LogP contribution is 2.72. The average Bonchev–Trinajstić information content (AvgIpc) is 3.75. The number of nitrogens with one attached hydrogen (secondary N) is 3. The van der Waals surface area contributed by atoms with Crippen LogP contribution in [0.3, 0.4) is 0 Å². The molecule has 0 radical (unpaired) electrons. The molecular formula is C44H49BrF2N3O14P. The Hall–Kier alpha value is -4.53. The number of allylic oxidation sites excluding steroid dienone is 4. The molecule has 17 nitrogen and oxygen atoms in total. The number of aliphatic hydroxyl groups excluding tert-OH is 1. The zero-order chi connectivity index (χ0) is 47.3. The van der Waals surface area contributed by atoms with Crippen LogP contribution in [0.5, 0.6) is 0 Å². The van der Waals surface area contributed by atoms with Crippen molar-refractivity contribution in [1.29, 1.82) is 0 Å². The number of rotatable bonds is 16. The van der Waals surface area contributed by atoms with Crippen molar-refractivity contribution in [2.75, 3.05) is 23.8 Å². The van der Waals surface area contributed by atoms with Crippen LogP contribution < -0.4 is 16.0 Å². The van der Waals surface area contributed by atoms with Crippen molar-refractivity contribution in [2.24, 2.45) is 22.7 Å². The van der Waals surface area contributed by atoms with Crippen molar-refractivity contribution in [3.63, 3.8) is 0 Å². The zero-order valence-electron chi connectivity index (χ0n) is 35.2. The van der Waals surface area contributed by atoms with Crippen LogP contribution in [-0.2, 0) is 53.8 Å². The van der Waals surface area contributed by atoms with E-state index in [0.717, 1.165) is 23.3 Å². The van der Waals surface area contributed by atoms with Gasteiger partial charge in [0.15, 0.2) is 29.1 Å². The van der Waals surface area contributed by atoms with E-state index in [1.165, 1.54) is 13.0 Å². The van der Waals surface area contributed by atoms with E-state index >= 15 is 8.78 Å². The number of phosphoric acid groups is 1. The summed E-state index contributed by atoms with van der Waals surface area (Å²) in [5.41, 5.74) is -5.38. The fraction of sp³-hybridized carbons (Fsp3) is 0.500. The Morgan fingerprint density at radius 2 is 1.75 bits per heavy atom. The molecule has 0 aromatic heterocycles. The summed E-state index contributed by atoms with van der Waals surface area (Å²) in [6.07, 6.45) is -3.47. The molecule has 2 aromatic rings. The monoisotopic (exact) mass is 991 g/mol. The number of hydrogen-bond donors (Lipinski definition) is 7. The Labute approximate surface area is 380 Å². The number of fused-ring (bicyclic) bond motifs is 7. The van der Waals surface area contributed by atoms with Gasteiger partial charge in [-0.1, -0.05) is 65.3 Å². The van der Waals surface area contributed by atoms with E-state index < -0.39 is 134 Å². The lowest BCUT2D eigenvalue weighted by Gasteiger charge is -2.63. The molecule has 21 heteroatoms. The Bertz CT molecular complexity index is 2380. The largest absolute Gasteiger partial charge is 0.481 e. The van der Waals surface area contributed by atoms with Crippen molar-refractivity contribution >= 4 is 64.7 Å². The van der Waals surface area contributed by atoms with E-state index in [1.54, 1.807) is 49.4 Å². The Morgan fingerprint density at radius 3 is 2.43 bits per heavy atom. The number of aliphatic carboxylic acids is 1. The molecule has 1 saturated heterocycles. The number of ketones is 2. The topological polar surface area (TPSA) is 264 Å². The number of anilines is 1. The molecule has 7 N–H and O–H groups in total. The van der Waals surface area contributed by atoms with E-state index in [4.69, 9.17) is 9.47 Å². The highest BCUT2D eigenvalue weighted by Gasteiger charge is 2.80. The fourth-order valence-electron chi connectivity index (χ4n) is 10.9. The maximum absolute atomic E-state index is 17.9. The molecule has 0 unspecified atom stereocenters. The van der Waals surface area contributed by atoms with Crippen LogP contribution in [0.25, 0.3) is 0 Å². The van der Waals surface area contributed by atoms with Gasteiger partial charge in [0, 0.05) is 34.4 Å². The summed E-state index contributed by atoms with van der Waals surface area (Å²) >= 11 is 2.97. The van der Waals surface area contributed by atoms with Crippen LogP contribution in [0, 0.1) is 22.7 Å². The second kappa shape index (κ2) is 18.3. The van der Waals surface area contributed by atoms with Gasteiger partial charge in [-0.25, -0.2) is 13.3 Å². The Balaban J connectivity index is 1.09. The summed E-state index contributed by atoms with van der Waals surface area (Å²) < 4.78 is 63.6. The fourth-order valence-corrected chi connectivity index (χ4v) is 11.4. The molecule has 3 saturated carbocycles. The molecule has 11 atom stereocenters. The predicted molar refractivity (Wildman–Crippen MR) is 228 cm³/mol. The van der Waals surface area contributed by atoms with Crippen molar-refractivity contribution in [3.05, 3.63) is 89.0 Å². The molecule has 0 bridgehead atoms. The molecule has 5 aliphatic rings. The second-order valence-corrected chi connectivity index (χ2v) is 19.5. The van der Waals surface area contributed by atoms with Gasteiger partial charge in [-0.2, -0.15) is 0 Å². The van der Waals surface area contributed by atoms with Gasteiger partial charge in [-0.15, -0.1) is 0 Å². The van der Waals surface area contributed by atoms with Crippen molar-refractivity contribution in [1.82, 2.24) is 10.6 Å². The van der Waals surface area contributed by atoms with Gasteiger partial charge in [0.25, 0.3) is 0 Å². The van der Waals surface area contributed by atoms with E-state index in [9.17, 15) is 53.3 Å². The van der Waals surface area contributed by atoms with E-state index in [2.05, 4.69) is 36.4 Å². The molecule has 4 fully saturated rings. The predicted octanol–water partition coefficient (Wildman–Crippen LogP) is 3.84. The summed E-state index contributed by atoms with van der Waals surface area (Å²) in [6, 6.07) is 12.5. The SMILES string of the molecule is C[C@]12C=CC(=O)C=C1[C@@H](F)C[C@H]1[C@@H]3C[C@H]4O[C@@H](c5cccc(Cc6ccc(NC(=O)[C@H](CCC(=O)O)NC(=O)CNC(=O)CBr)cc6)c5)O[C@@]4(C(=O)COP(=O)(O)O)[C@@]3(C)C[C@H](O)[C@@]12F. The third-order valence-corrected chi connectivity index (χ3v) is 14.8. The minimum Gasteiger partial charge on any atom is -0.481 e. The van der Waals surface area contributed by atoms with Crippen LogP contribution in [0.4, 0.5) is 14.5 Å². The Kier molecular flexibility index (Phi) is 13.6. The third kappa shape index (κ3) is 9.03. The van der Waals surface area contributed by atoms with Gasteiger partial charge < -0.3 is 45.4 Å². The lowest BCUT2D eigenvalue weighted by Crippen LogP contribution is -2.70. The summed E-state index contributed by atoms with van der Waals surface area (Å²) in [6.45, 7) is 1.54. The maximum atomic E-state index is 17.9. The van der Waals surface area contributed by atoms with Gasteiger partial charge in [0.05, 0.1) is 24.1 Å². The number of carboxylic acids is 1. The highest BCUT2D eigenvalue weighted by molar-refractivity contribution is 9.09. The van der Waals surface area contributed by atoms with Gasteiger partial charge in [-0.05, 0) is 85.9 Å². The van der Waals surface area contributed by atoms with Gasteiger partial charge >= 0.3 is 13.8 Å². The first-order chi connectivity index (χ1) is 30.5. The van der Waals surface area contributed by atoms with Crippen molar-refractivity contribution in [3.8, 4) is 0 Å². The molecule has 3 amide bonds. The van der Waals surface area contributed by atoms with Crippen molar-refractivity contribution in [2.45, 2.75) is 94.4 Å². The molecule has 65 heavy (non-hydrogen) atoms. The molecular weight excluding hydrogens is 943 g/mol.